The molecule has 6 nitrogen and oxygen atoms in total. The van der Waals surface area contributed by atoms with Crippen molar-refractivity contribution in [2.45, 2.75) is 50.5 Å². The van der Waals surface area contributed by atoms with Gasteiger partial charge in [0.1, 0.15) is 0 Å². The molecular formula is C19H32N4O2. The van der Waals surface area contributed by atoms with E-state index in [4.69, 9.17) is 0 Å². The van der Waals surface area contributed by atoms with Crippen molar-refractivity contribution < 1.29 is 9.59 Å². The van der Waals surface area contributed by atoms with E-state index < -0.39 is 0 Å². The quantitative estimate of drug-likeness (QED) is 0.762. The van der Waals surface area contributed by atoms with Crippen LogP contribution in [0.5, 0.6) is 0 Å². The van der Waals surface area contributed by atoms with Crippen molar-refractivity contribution in [1.82, 2.24) is 19.6 Å². The molecule has 0 aromatic rings. The molecule has 0 N–H and O–H groups in total. The summed E-state index contributed by atoms with van der Waals surface area (Å²) in [6, 6.07) is 0.218. The Kier molecular flexibility index (Phi) is 4.65. The predicted octanol–water partition coefficient (Wildman–Crippen LogP) is 1.61. The van der Waals surface area contributed by atoms with E-state index in [0.29, 0.717) is 12.3 Å². The molecule has 0 radical (unpaired) electrons. The highest BCUT2D eigenvalue weighted by Crippen LogP contribution is 2.35. The molecule has 25 heavy (non-hydrogen) atoms. The fourth-order valence-electron chi connectivity index (χ4n) is 4.77. The van der Waals surface area contributed by atoms with Crippen LogP contribution in [-0.4, -0.2) is 89.9 Å². The first kappa shape index (κ1) is 17.1. The first-order valence-corrected chi connectivity index (χ1v) is 10.1. The molecule has 140 valence electrons. The Morgan fingerprint density at radius 3 is 2.52 bits per heavy atom. The fraction of sp³-hybridized carbons (Fsp3) is 0.895. The highest BCUT2D eigenvalue weighted by molar-refractivity contribution is 5.77. The Balaban J connectivity index is 1.44. The Hall–Kier alpha value is -1.30. The van der Waals surface area contributed by atoms with Crippen LogP contribution in [0.25, 0.3) is 0 Å². The van der Waals surface area contributed by atoms with E-state index in [1.807, 2.05) is 4.90 Å². The topological polar surface area (TPSA) is 47.1 Å². The third-order valence-corrected chi connectivity index (χ3v) is 6.83. The van der Waals surface area contributed by atoms with Gasteiger partial charge in [0.2, 0.25) is 5.91 Å². The van der Waals surface area contributed by atoms with E-state index in [1.165, 1.54) is 12.8 Å². The van der Waals surface area contributed by atoms with Crippen molar-refractivity contribution in [3.8, 4) is 0 Å². The Bertz CT molecular complexity index is 530. The smallest absolute Gasteiger partial charge is 0.320 e. The monoisotopic (exact) mass is 348 g/mol. The van der Waals surface area contributed by atoms with Crippen molar-refractivity contribution in [3.05, 3.63) is 0 Å². The Morgan fingerprint density at radius 2 is 1.80 bits per heavy atom. The highest BCUT2D eigenvalue weighted by Gasteiger charge is 2.44. The molecule has 3 aliphatic heterocycles. The molecule has 3 amide bonds. The minimum Gasteiger partial charge on any atom is -0.342 e. The summed E-state index contributed by atoms with van der Waals surface area (Å²) in [7, 11) is 2.18. The largest absolute Gasteiger partial charge is 0.342 e. The number of piperazine rings is 1. The highest BCUT2D eigenvalue weighted by atomic mass is 16.2. The van der Waals surface area contributed by atoms with Gasteiger partial charge in [-0.05, 0) is 51.5 Å². The summed E-state index contributed by atoms with van der Waals surface area (Å²) in [6.07, 6.45) is 7.34. The third-order valence-electron chi connectivity index (χ3n) is 6.83. The lowest BCUT2D eigenvalue weighted by Crippen LogP contribution is -2.63. The Morgan fingerprint density at radius 1 is 1.04 bits per heavy atom. The maximum absolute atomic E-state index is 12.9. The lowest BCUT2D eigenvalue weighted by atomic mass is 9.86. The van der Waals surface area contributed by atoms with Crippen LogP contribution in [-0.2, 0) is 4.79 Å². The lowest BCUT2D eigenvalue weighted by molar-refractivity contribution is -0.130. The number of amides is 3. The molecule has 1 spiro atoms. The summed E-state index contributed by atoms with van der Waals surface area (Å²) in [5.74, 6) is 1.07. The number of hydrogen-bond acceptors (Lipinski definition) is 3. The van der Waals surface area contributed by atoms with E-state index in [0.717, 1.165) is 77.4 Å². The van der Waals surface area contributed by atoms with Gasteiger partial charge in [0.15, 0.2) is 0 Å². The summed E-state index contributed by atoms with van der Waals surface area (Å²) < 4.78 is 0. The first-order chi connectivity index (χ1) is 12.1. The normalized spacial score (nSPS) is 31.7. The number of urea groups is 1. The first-order valence-electron chi connectivity index (χ1n) is 10.1. The number of carbonyl (C=O) groups excluding carboxylic acids is 2. The van der Waals surface area contributed by atoms with Crippen molar-refractivity contribution in [1.29, 1.82) is 0 Å². The summed E-state index contributed by atoms with van der Waals surface area (Å²) in [5.41, 5.74) is -0.0262. The SMILES string of the molecule is CN1CCN(C(=O)N2CCCC2)CC12CCC(=O)N(CC1CC1)CC2. The Labute approximate surface area is 151 Å². The van der Waals surface area contributed by atoms with Crippen molar-refractivity contribution >= 4 is 11.9 Å². The summed E-state index contributed by atoms with van der Waals surface area (Å²) >= 11 is 0. The second kappa shape index (κ2) is 6.78. The van der Waals surface area contributed by atoms with Crippen LogP contribution in [0.4, 0.5) is 4.79 Å². The summed E-state index contributed by atoms with van der Waals surface area (Å²) in [5, 5.41) is 0. The molecule has 4 aliphatic rings. The number of hydrogen-bond donors (Lipinski definition) is 0. The minimum absolute atomic E-state index is 0.0262. The number of rotatable bonds is 2. The molecule has 4 fully saturated rings. The summed E-state index contributed by atoms with van der Waals surface area (Å²) in [6.45, 7) is 6.13. The molecule has 1 atom stereocenters. The molecular weight excluding hydrogens is 316 g/mol. The van der Waals surface area contributed by atoms with E-state index in [1.54, 1.807) is 0 Å². The molecule has 1 unspecified atom stereocenters. The van der Waals surface area contributed by atoms with Crippen molar-refractivity contribution in [3.63, 3.8) is 0 Å². The van der Waals surface area contributed by atoms with Crippen LogP contribution in [0.3, 0.4) is 0 Å². The van der Waals surface area contributed by atoms with Crippen LogP contribution >= 0.6 is 0 Å². The number of likely N-dealkylation sites (N-methyl/N-ethyl adjacent to an activating group) is 1. The van der Waals surface area contributed by atoms with Crippen LogP contribution in [0.1, 0.15) is 44.9 Å². The maximum atomic E-state index is 12.9. The van der Waals surface area contributed by atoms with Gasteiger partial charge in [-0.15, -0.1) is 0 Å². The van der Waals surface area contributed by atoms with E-state index in [9.17, 15) is 9.59 Å². The number of likely N-dealkylation sites (tertiary alicyclic amines) is 2. The zero-order chi connectivity index (χ0) is 17.4. The lowest BCUT2D eigenvalue weighted by Gasteiger charge is -2.49. The van der Waals surface area contributed by atoms with Gasteiger partial charge < -0.3 is 14.7 Å². The van der Waals surface area contributed by atoms with Gasteiger partial charge in [0.05, 0.1) is 0 Å². The van der Waals surface area contributed by atoms with Gasteiger partial charge in [0, 0.05) is 57.8 Å². The molecule has 0 aromatic carbocycles. The van der Waals surface area contributed by atoms with Crippen molar-refractivity contribution in [2.24, 2.45) is 5.92 Å². The number of carbonyl (C=O) groups is 2. The van der Waals surface area contributed by atoms with Crippen LogP contribution in [0.15, 0.2) is 0 Å². The average molecular weight is 348 g/mol. The summed E-state index contributed by atoms with van der Waals surface area (Å²) in [4.78, 5) is 34.0. The van der Waals surface area contributed by atoms with Gasteiger partial charge in [-0.25, -0.2) is 4.79 Å². The van der Waals surface area contributed by atoms with E-state index >= 15 is 0 Å². The predicted molar refractivity (Wildman–Crippen MR) is 96.3 cm³/mol. The number of nitrogens with zero attached hydrogens (tertiary/aromatic N) is 4. The zero-order valence-electron chi connectivity index (χ0n) is 15.6. The van der Waals surface area contributed by atoms with Gasteiger partial charge in [-0.1, -0.05) is 0 Å². The molecule has 6 heteroatoms. The molecule has 0 aromatic heterocycles. The second-order valence-electron chi connectivity index (χ2n) is 8.58. The molecule has 1 saturated carbocycles. The molecule has 3 heterocycles. The van der Waals surface area contributed by atoms with Crippen molar-refractivity contribution in [2.75, 3.05) is 52.9 Å². The van der Waals surface area contributed by atoms with Crippen LogP contribution in [0, 0.1) is 5.92 Å². The molecule has 0 bridgehead atoms. The molecule has 4 rings (SSSR count). The average Bonchev–Trinajstić information content (AvgIpc) is 3.30. The molecule has 3 saturated heterocycles. The standard InChI is InChI=1S/C19H32N4O2/c1-20-12-13-23(18(25)21-9-2-3-10-21)15-19(20)7-6-17(24)22(11-8-19)14-16-4-5-16/h16H,2-15H2,1H3. The van der Waals surface area contributed by atoms with Crippen LogP contribution in [0.2, 0.25) is 0 Å². The minimum atomic E-state index is -0.0262. The van der Waals surface area contributed by atoms with E-state index in [-0.39, 0.29) is 11.6 Å². The van der Waals surface area contributed by atoms with Gasteiger partial charge in [-0.2, -0.15) is 0 Å². The van der Waals surface area contributed by atoms with Crippen LogP contribution < -0.4 is 0 Å². The molecule has 1 aliphatic carbocycles. The van der Waals surface area contributed by atoms with Gasteiger partial charge >= 0.3 is 6.03 Å². The van der Waals surface area contributed by atoms with Gasteiger partial charge in [0.25, 0.3) is 0 Å². The zero-order valence-corrected chi connectivity index (χ0v) is 15.6. The van der Waals surface area contributed by atoms with Gasteiger partial charge in [-0.3, -0.25) is 9.69 Å². The third kappa shape index (κ3) is 3.50. The maximum Gasteiger partial charge on any atom is 0.320 e. The van der Waals surface area contributed by atoms with E-state index in [2.05, 4.69) is 21.7 Å². The fourth-order valence-corrected chi connectivity index (χ4v) is 4.77. The second-order valence-corrected chi connectivity index (χ2v) is 8.58.